The van der Waals surface area contributed by atoms with Gasteiger partial charge in [-0.3, -0.25) is 0 Å². The number of azo groups is 1. The summed E-state index contributed by atoms with van der Waals surface area (Å²) in [7, 11) is 0. The first kappa shape index (κ1) is 30.3. The van der Waals surface area contributed by atoms with Gasteiger partial charge in [0.1, 0.15) is 0 Å². The summed E-state index contributed by atoms with van der Waals surface area (Å²) < 4.78 is 0. The Balaban J connectivity index is 1.26. The van der Waals surface area contributed by atoms with Crippen molar-refractivity contribution in [3.8, 4) is 0 Å². The number of rotatable bonds is 15. The molecule has 4 aromatic rings. The van der Waals surface area contributed by atoms with Crippen molar-refractivity contribution >= 4 is 46.3 Å². The van der Waals surface area contributed by atoms with Gasteiger partial charge < -0.3 is 30.9 Å². The third-order valence-electron chi connectivity index (χ3n) is 6.85. The van der Waals surface area contributed by atoms with Crippen LogP contribution in [-0.2, 0) is 0 Å². The summed E-state index contributed by atoms with van der Waals surface area (Å²) in [5.41, 5.74) is 14.3. The minimum absolute atomic E-state index is 0.130. The quantitative estimate of drug-likeness (QED) is 0.0685. The normalized spacial score (nSPS) is 11.2. The lowest BCUT2D eigenvalue weighted by Gasteiger charge is -2.22. The molecule has 0 aliphatic carbocycles. The molecule has 4 rings (SSSR count). The molecule has 0 aliphatic heterocycles. The van der Waals surface area contributed by atoms with Crippen molar-refractivity contribution in [2.24, 2.45) is 10.2 Å². The number of likely N-dealkylation sites (N-methyl/N-ethyl adjacent to an activating group) is 2. The Kier molecular flexibility index (Phi) is 11.5. The predicted molar refractivity (Wildman–Crippen MR) is 176 cm³/mol. The van der Waals surface area contributed by atoms with Crippen LogP contribution in [0.3, 0.4) is 0 Å². The number of hydrogen-bond donors (Lipinski definition) is 4. The highest BCUT2D eigenvalue weighted by Crippen LogP contribution is 2.23. The number of aliphatic hydroxyl groups is 2. The van der Waals surface area contributed by atoms with E-state index in [1.54, 1.807) is 0 Å². The summed E-state index contributed by atoms with van der Waals surface area (Å²) in [4.78, 5) is 4.24. The number of hydrazine groups is 1. The van der Waals surface area contributed by atoms with E-state index in [2.05, 4.69) is 69.0 Å². The van der Waals surface area contributed by atoms with Gasteiger partial charge in [-0.2, -0.15) is 10.2 Å². The van der Waals surface area contributed by atoms with Gasteiger partial charge in [-0.15, -0.1) is 0 Å². The Morgan fingerprint density at radius 3 is 1.31 bits per heavy atom. The number of hydrogen-bond acceptors (Lipinski definition) is 8. The first-order chi connectivity index (χ1) is 20.6. The Labute approximate surface area is 248 Å². The van der Waals surface area contributed by atoms with Crippen molar-refractivity contribution < 1.29 is 10.2 Å². The maximum absolute atomic E-state index is 9.22. The summed E-state index contributed by atoms with van der Waals surface area (Å²) in [5, 5.41) is 27.1. The summed E-state index contributed by atoms with van der Waals surface area (Å²) in [6.07, 6.45) is 4.15. The molecule has 0 radical (unpaired) electrons. The maximum Gasteiger partial charge on any atom is 0.0858 e. The first-order valence-electron chi connectivity index (χ1n) is 14.4. The fourth-order valence-corrected chi connectivity index (χ4v) is 4.45. The van der Waals surface area contributed by atoms with Crippen LogP contribution in [0.2, 0.25) is 0 Å². The van der Waals surface area contributed by atoms with Gasteiger partial charge in [0.25, 0.3) is 0 Å². The molecule has 0 atom stereocenters. The lowest BCUT2D eigenvalue weighted by molar-refractivity contribution is 0.302. The summed E-state index contributed by atoms with van der Waals surface area (Å²) >= 11 is 0. The summed E-state index contributed by atoms with van der Waals surface area (Å²) in [6, 6.07) is 32.2. The van der Waals surface area contributed by atoms with Gasteiger partial charge in [-0.25, -0.2) is 0 Å². The second-order valence-corrected chi connectivity index (χ2v) is 9.67. The number of aliphatic hydroxyl groups excluding tert-OH is 2. The highest BCUT2D eigenvalue weighted by Gasteiger charge is 2.04. The topological polar surface area (TPSA) is 95.7 Å². The molecule has 0 amide bonds. The average molecular weight is 565 g/mol. The van der Waals surface area contributed by atoms with Crippen molar-refractivity contribution in [2.45, 2.75) is 13.8 Å². The van der Waals surface area contributed by atoms with Crippen molar-refractivity contribution in [2.75, 3.05) is 60.0 Å². The Morgan fingerprint density at radius 2 is 0.905 bits per heavy atom. The second-order valence-electron chi connectivity index (χ2n) is 9.67. The molecule has 0 aromatic heterocycles. The molecule has 8 nitrogen and oxygen atoms in total. The lowest BCUT2D eigenvalue weighted by atomic mass is 10.1. The largest absolute Gasteiger partial charge is 0.395 e. The lowest BCUT2D eigenvalue weighted by Crippen LogP contribution is -2.26. The molecule has 0 unspecified atom stereocenters. The average Bonchev–Trinajstić information content (AvgIpc) is 3.05. The minimum Gasteiger partial charge on any atom is -0.395 e. The van der Waals surface area contributed by atoms with Crippen LogP contribution in [0.5, 0.6) is 0 Å². The first-order valence-corrected chi connectivity index (χ1v) is 14.4. The van der Waals surface area contributed by atoms with Crippen LogP contribution in [-0.4, -0.2) is 49.6 Å². The molecule has 0 bridgehead atoms. The van der Waals surface area contributed by atoms with Gasteiger partial charge in [0.05, 0.1) is 36.0 Å². The van der Waals surface area contributed by atoms with Crippen LogP contribution in [0.1, 0.15) is 25.0 Å². The molecule has 0 fully saturated rings. The van der Waals surface area contributed by atoms with E-state index < -0.39 is 0 Å². The molecule has 0 aliphatic rings. The molecule has 4 aromatic carbocycles. The van der Waals surface area contributed by atoms with E-state index in [0.29, 0.717) is 13.1 Å². The molecule has 0 heterocycles. The molecule has 0 saturated heterocycles. The molecule has 42 heavy (non-hydrogen) atoms. The van der Waals surface area contributed by atoms with Crippen LogP contribution in [0.25, 0.3) is 12.2 Å². The zero-order chi connectivity index (χ0) is 29.6. The minimum atomic E-state index is 0.130. The maximum atomic E-state index is 9.22. The third-order valence-corrected chi connectivity index (χ3v) is 6.85. The standard InChI is InChI=1S/C34H40N6O2/c1-3-39(23-25-41)33-19-15-31(16-20-33)37-35-29-11-7-27(8-12-29)5-6-28-9-13-30(14-10-28)36-38-32-17-21-34(22-18-32)40(4-2)24-26-42/h5-22,35,37,41-42H,3-4,23-26H2,1-2H3/b6-5+,38-36?. The van der Waals surface area contributed by atoms with Crippen molar-refractivity contribution in [1.82, 2.24) is 0 Å². The van der Waals surface area contributed by atoms with Gasteiger partial charge in [0.2, 0.25) is 0 Å². The monoisotopic (exact) mass is 564 g/mol. The van der Waals surface area contributed by atoms with E-state index in [1.165, 1.54) is 0 Å². The third kappa shape index (κ3) is 8.92. The smallest absolute Gasteiger partial charge is 0.0858 e. The molecule has 218 valence electrons. The van der Waals surface area contributed by atoms with E-state index in [1.807, 2.05) is 84.9 Å². The number of nitrogens with one attached hydrogen (secondary N) is 2. The molecular formula is C34H40N6O2. The van der Waals surface area contributed by atoms with Gasteiger partial charge >= 0.3 is 0 Å². The van der Waals surface area contributed by atoms with E-state index in [4.69, 9.17) is 0 Å². The zero-order valence-electron chi connectivity index (χ0n) is 24.3. The van der Waals surface area contributed by atoms with Crippen LogP contribution in [0.15, 0.2) is 107 Å². The number of benzene rings is 4. The van der Waals surface area contributed by atoms with Gasteiger partial charge in [0.15, 0.2) is 0 Å². The second kappa shape index (κ2) is 16.0. The summed E-state index contributed by atoms with van der Waals surface area (Å²) in [5.74, 6) is 0. The van der Waals surface area contributed by atoms with Crippen molar-refractivity contribution in [3.05, 3.63) is 108 Å². The van der Waals surface area contributed by atoms with Crippen molar-refractivity contribution in [3.63, 3.8) is 0 Å². The highest BCUT2D eigenvalue weighted by atomic mass is 16.3. The zero-order valence-corrected chi connectivity index (χ0v) is 24.3. The Bertz CT molecular complexity index is 1400. The van der Waals surface area contributed by atoms with Crippen LogP contribution < -0.4 is 20.7 Å². The van der Waals surface area contributed by atoms with E-state index in [9.17, 15) is 10.2 Å². The van der Waals surface area contributed by atoms with Gasteiger partial charge in [-0.05, 0) is 97.8 Å². The van der Waals surface area contributed by atoms with Gasteiger partial charge in [-0.1, -0.05) is 36.4 Å². The predicted octanol–water partition coefficient (Wildman–Crippen LogP) is 7.35. The highest BCUT2D eigenvalue weighted by molar-refractivity contribution is 5.71. The SMILES string of the molecule is CCN(CCO)c1ccc(N=Nc2ccc(/C=C/c3ccc(NNc4ccc(N(CC)CCO)cc4)cc3)cc2)cc1. The Hall–Kier alpha value is -4.66. The molecule has 8 heteroatoms. The van der Waals surface area contributed by atoms with E-state index in [-0.39, 0.29) is 13.2 Å². The molecular weight excluding hydrogens is 524 g/mol. The van der Waals surface area contributed by atoms with E-state index >= 15 is 0 Å². The molecule has 0 spiro atoms. The fourth-order valence-electron chi connectivity index (χ4n) is 4.45. The summed E-state index contributed by atoms with van der Waals surface area (Å²) in [6.45, 7) is 7.35. The molecule has 4 N–H and O–H groups in total. The fraction of sp³-hybridized carbons (Fsp3) is 0.235. The van der Waals surface area contributed by atoms with Crippen molar-refractivity contribution in [1.29, 1.82) is 0 Å². The number of anilines is 4. The van der Waals surface area contributed by atoms with Crippen LogP contribution >= 0.6 is 0 Å². The van der Waals surface area contributed by atoms with E-state index in [0.717, 1.165) is 58.3 Å². The van der Waals surface area contributed by atoms with Crippen LogP contribution in [0.4, 0.5) is 34.1 Å². The number of nitrogens with zero attached hydrogens (tertiary/aromatic N) is 4. The molecule has 0 saturated carbocycles. The van der Waals surface area contributed by atoms with Gasteiger partial charge in [0, 0.05) is 37.6 Å². The van der Waals surface area contributed by atoms with Crippen LogP contribution in [0, 0.1) is 0 Å². The Morgan fingerprint density at radius 1 is 0.548 bits per heavy atom.